The summed E-state index contributed by atoms with van der Waals surface area (Å²) >= 11 is 5.77. The van der Waals surface area contributed by atoms with Gasteiger partial charge in [0.1, 0.15) is 17.5 Å². The lowest BCUT2D eigenvalue weighted by molar-refractivity contribution is 0.613. The first-order valence-electron chi connectivity index (χ1n) is 7.56. The van der Waals surface area contributed by atoms with Crippen molar-refractivity contribution < 1.29 is 8.78 Å². The lowest BCUT2D eigenvalue weighted by Gasteiger charge is -2.11. The third kappa shape index (κ3) is 4.42. The van der Waals surface area contributed by atoms with E-state index < -0.39 is 5.82 Å². The number of benzene rings is 2. The molecule has 0 saturated heterocycles. The highest BCUT2D eigenvalue weighted by molar-refractivity contribution is 6.31. The van der Waals surface area contributed by atoms with E-state index in [-0.39, 0.29) is 10.8 Å². The number of aromatic nitrogens is 2. The zero-order valence-corrected chi connectivity index (χ0v) is 14.1. The van der Waals surface area contributed by atoms with Crippen LogP contribution in [0, 0.1) is 18.6 Å². The monoisotopic (exact) mass is 360 g/mol. The van der Waals surface area contributed by atoms with E-state index >= 15 is 0 Å². The van der Waals surface area contributed by atoms with E-state index in [1.807, 2.05) is 6.92 Å². The zero-order valence-electron chi connectivity index (χ0n) is 13.4. The fraction of sp³-hybridized carbons (Fsp3) is 0.111. The molecule has 3 rings (SSSR count). The van der Waals surface area contributed by atoms with Gasteiger partial charge < -0.3 is 10.6 Å². The van der Waals surface area contributed by atoms with Crippen LogP contribution < -0.4 is 10.6 Å². The first-order chi connectivity index (χ1) is 12.0. The number of anilines is 3. The first-order valence-corrected chi connectivity index (χ1v) is 7.94. The van der Waals surface area contributed by atoms with E-state index in [4.69, 9.17) is 11.6 Å². The van der Waals surface area contributed by atoms with E-state index in [0.29, 0.717) is 29.6 Å². The van der Waals surface area contributed by atoms with Gasteiger partial charge in [-0.1, -0.05) is 29.8 Å². The molecule has 4 nitrogen and oxygen atoms in total. The minimum atomic E-state index is -0.496. The Bertz CT molecular complexity index is 902. The number of halogens is 3. The van der Waals surface area contributed by atoms with Crippen molar-refractivity contribution in [2.75, 3.05) is 10.6 Å². The lowest BCUT2D eigenvalue weighted by Crippen LogP contribution is -2.06. The van der Waals surface area contributed by atoms with Gasteiger partial charge in [0.15, 0.2) is 0 Å². The van der Waals surface area contributed by atoms with Crippen molar-refractivity contribution in [2.24, 2.45) is 0 Å². The normalized spacial score (nSPS) is 10.6. The molecule has 25 heavy (non-hydrogen) atoms. The number of hydrogen-bond donors (Lipinski definition) is 2. The molecule has 0 fully saturated rings. The van der Waals surface area contributed by atoms with Crippen LogP contribution in [0.1, 0.15) is 11.3 Å². The Morgan fingerprint density at radius 1 is 1.00 bits per heavy atom. The van der Waals surface area contributed by atoms with Crippen molar-refractivity contribution in [1.29, 1.82) is 0 Å². The largest absolute Gasteiger partial charge is 0.366 e. The summed E-state index contributed by atoms with van der Waals surface area (Å²) in [6, 6.07) is 12.5. The van der Waals surface area contributed by atoms with Crippen LogP contribution in [-0.2, 0) is 6.54 Å². The predicted molar refractivity (Wildman–Crippen MR) is 95.2 cm³/mol. The Morgan fingerprint density at radius 2 is 1.80 bits per heavy atom. The third-order valence-corrected chi connectivity index (χ3v) is 3.74. The SMILES string of the molecule is Cc1cc(NCc2ccccc2F)nc(Nc2ccc(F)c(Cl)c2)n1. The molecule has 0 unspecified atom stereocenters. The van der Waals surface area contributed by atoms with Gasteiger partial charge >= 0.3 is 0 Å². The van der Waals surface area contributed by atoms with E-state index in [2.05, 4.69) is 20.6 Å². The second kappa shape index (κ2) is 7.44. The molecule has 1 heterocycles. The highest BCUT2D eigenvalue weighted by Crippen LogP contribution is 2.22. The minimum absolute atomic E-state index is 0.00977. The van der Waals surface area contributed by atoms with E-state index in [9.17, 15) is 8.78 Å². The standard InChI is InChI=1S/C18H15ClF2N4/c1-11-8-17(22-10-12-4-2-3-5-15(12)20)25-18(23-11)24-13-6-7-16(21)14(19)9-13/h2-9H,10H2,1H3,(H2,22,23,24,25). The Labute approximate surface area is 148 Å². The molecule has 0 amide bonds. The first kappa shape index (κ1) is 17.1. The van der Waals surface area contributed by atoms with Crippen molar-refractivity contribution in [3.8, 4) is 0 Å². The van der Waals surface area contributed by atoms with Gasteiger partial charge in [0.2, 0.25) is 5.95 Å². The quantitative estimate of drug-likeness (QED) is 0.666. The summed E-state index contributed by atoms with van der Waals surface area (Å²) in [4.78, 5) is 8.61. The molecular weight excluding hydrogens is 346 g/mol. The second-order valence-corrected chi connectivity index (χ2v) is 5.82. The van der Waals surface area contributed by atoms with Crippen molar-refractivity contribution in [3.63, 3.8) is 0 Å². The molecule has 0 spiro atoms. The molecule has 7 heteroatoms. The zero-order chi connectivity index (χ0) is 17.8. The van der Waals surface area contributed by atoms with Crippen molar-refractivity contribution in [2.45, 2.75) is 13.5 Å². The molecule has 0 aliphatic rings. The number of rotatable bonds is 5. The molecule has 1 aromatic heterocycles. The molecule has 0 aliphatic heterocycles. The topological polar surface area (TPSA) is 49.8 Å². The van der Waals surface area contributed by atoms with Gasteiger partial charge in [0.25, 0.3) is 0 Å². The Morgan fingerprint density at radius 3 is 2.56 bits per heavy atom. The second-order valence-electron chi connectivity index (χ2n) is 5.42. The average molecular weight is 361 g/mol. The van der Waals surface area contributed by atoms with E-state index in [1.54, 1.807) is 30.3 Å². The number of aryl methyl sites for hydroxylation is 1. The van der Waals surface area contributed by atoms with Crippen LogP contribution in [0.4, 0.5) is 26.2 Å². The summed E-state index contributed by atoms with van der Waals surface area (Å²) < 4.78 is 26.9. The highest BCUT2D eigenvalue weighted by Gasteiger charge is 2.06. The van der Waals surface area contributed by atoms with Gasteiger partial charge in [0, 0.05) is 29.6 Å². The molecule has 0 atom stereocenters. The number of nitrogens with zero attached hydrogens (tertiary/aromatic N) is 2. The molecule has 128 valence electrons. The smallest absolute Gasteiger partial charge is 0.229 e. The van der Waals surface area contributed by atoms with Crippen LogP contribution in [0.25, 0.3) is 0 Å². The Kier molecular flexibility index (Phi) is 5.09. The summed E-state index contributed by atoms with van der Waals surface area (Å²) in [5.74, 6) is 0.106. The summed E-state index contributed by atoms with van der Waals surface area (Å²) in [5, 5.41) is 6.06. The van der Waals surface area contributed by atoms with Crippen LogP contribution in [0.5, 0.6) is 0 Å². The molecule has 2 N–H and O–H groups in total. The van der Waals surface area contributed by atoms with Gasteiger partial charge in [-0.05, 0) is 31.2 Å². The molecule has 2 aromatic carbocycles. The van der Waals surface area contributed by atoms with E-state index in [1.165, 1.54) is 18.2 Å². The third-order valence-electron chi connectivity index (χ3n) is 3.45. The van der Waals surface area contributed by atoms with Gasteiger partial charge in [-0.25, -0.2) is 13.8 Å². The molecule has 0 saturated carbocycles. The fourth-order valence-corrected chi connectivity index (χ4v) is 2.43. The van der Waals surface area contributed by atoms with E-state index in [0.717, 1.165) is 5.69 Å². The number of nitrogens with one attached hydrogen (secondary N) is 2. The van der Waals surface area contributed by atoms with Crippen molar-refractivity contribution in [3.05, 3.63) is 76.4 Å². The summed E-state index contributed by atoms with van der Waals surface area (Å²) in [6.45, 7) is 2.11. The predicted octanol–water partition coefficient (Wildman–Crippen LogP) is 5.07. The maximum absolute atomic E-state index is 13.7. The molecule has 0 radical (unpaired) electrons. The summed E-state index contributed by atoms with van der Waals surface area (Å²) in [7, 11) is 0. The summed E-state index contributed by atoms with van der Waals surface area (Å²) in [5.41, 5.74) is 1.83. The maximum Gasteiger partial charge on any atom is 0.229 e. The van der Waals surface area contributed by atoms with Gasteiger partial charge in [-0.3, -0.25) is 0 Å². The van der Waals surface area contributed by atoms with Crippen molar-refractivity contribution >= 4 is 29.1 Å². The van der Waals surface area contributed by atoms with Gasteiger partial charge in [0.05, 0.1) is 5.02 Å². The fourth-order valence-electron chi connectivity index (χ4n) is 2.25. The molecule has 3 aromatic rings. The molecule has 0 bridgehead atoms. The molecular formula is C18H15ClF2N4. The van der Waals surface area contributed by atoms with Crippen LogP contribution >= 0.6 is 11.6 Å². The Balaban J connectivity index is 1.76. The van der Waals surface area contributed by atoms with Gasteiger partial charge in [-0.15, -0.1) is 0 Å². The average Bonchev–Trinajstić information content (AvgIpc) is 2.57. The highest BCUT2D eigenvalue weighted by atomic mass is 35.5. The molecule has 0 aliphatic carbocycles. The van der Waals surface area contributed by atoms with Crippen LogP contribution in [-0.4, -0.2) is 9.97 Å². The summed E-state index contributed by atoms with van der Waals surface area (Å²) in [6.07, 6.45) is 0. The Hall–Kier alpha value is -2.73. The minimum Gasteiger partial charge on any atom is -0.366 e. The van der Waals surface area contributed by atoms with Crippen LogP contribution in [0.2, 0.25) is 5.02 Å². The number of hydrogen-bond acceptors (Lipinski definition) is 4. The van der Waals surface area contributed by atoms with Crippen LogP contribution in [0.3, 0.4) is 0 Å². The van der Waals surface area contributed by atoms with Gasteiger partial charge in [-0.2, -0.15) is 4.98 Å². The lowest BCUT2D eigenvalue weighted by atomic mass is 10.2. The maximum atomic E-state index is 13.7. The van der Waals surface area contributed by atoms with Crippen LogP contribution in [0.15, 0.2) is 48.5 Å². The van der Waals surface area contributed by atoms with Crippen molar-refractivity contribution in [1.82, 2.24) is 9.97 Å².